The summed E-state index contributed by atoms with van der Waals surface area (Å²) in [5.74, 6) is 0.256. The molecule has 2 aromatic carbocycles. The number of aryl methyl sites for hydroxylation is 1. The largest absolute Gasteiger partial charge is 0.494 e. The number of carbonyl (C=O) groups is 2. The molecule has 0 saturated heterocycles. The Labute approximate surface area is 201 Å². The highest BCUT2D eigenvalue weighted by Crippen LogP contribution is 2.27. The molecule has 34 heavy (non-hydrogen) atoms. The highest BCUT2D eigenvalue weighted by molar-refractivity contribution is 8.00. The molecule has 0 fully saturated rings. The number of benzene rings is 2. The van der Waals surface area contributed by atoms with Crippen LogP contribution in [-0.2, 0) is 9.59 Å². The van der Waals surface area contributed by atoms with Crippen LogP contribution in [0.2, 0.25) is 0 Å². The fourth-order valence-electron chi connectivity index (χ4n) is 3.18. The van der Waals surface area contributed by atoms with Gasteiger partial charge in [-0.05, 0) is 56.7 Å². The van der Waals surface area contributed by atoms with Gasteiger partial charge in [-0.25, -0.2) is 0 Å². The number of aromatic nitrogens is 3. The standard InChI is InChI=1S/C24H27N5O4S/c1-5-20(22(31)26-16-8-10-17(11-9-16)33-6-2)34-24-27-23(32)21(28-29-24)18-13-14(3)7-12-19(18)25-15(4)30/h7-13,20H,5-6H2,1-4H3,(H,25,30)(H,26,31)(H,27,29,32)/t20-/m1/s1. The van der Waals surface area contributed by atoms with Crippen LogP contribution in [0.3, 0.4) is 0 Å². The molecule has 3 aromatic rings. The van der Waals surface area contributed by atoms with Crippen LogP contribution in [0.1, 0.15) is 32.8 Å². The molecule has 0 saturated carbocycles. The maximum Gasteiger partial charge on any atom is 0.278 e. The minimum atomic E-state index is -0.490. The van der Waals surface area contributed by atoms with Gasteiger partial charge in [0.15, 0.2) is 10.9 Å². The molecule has 0 bridgehead atoms. The van der Waals surface area contributed by atoms with Crippen molar-refractivity contribution in [2.75, 3.05) is 17.2 Å². The Morgan fingerprint density at radius 1 is 1.09 bits per heavy atom. The molecule has 10 heteroatoms. The molecule has 3 rings (SSSR count). The number of rotatable bonds is 9. The van der Waals surface area contributed by atoms with Gasteiger partial charge in [-0.1, -0.05) is 30.3 Å². The number of H-pyrrole nitrogens is 1. The lowest BCUT2D eigenvalue weighted by Crippen LogP contribution is -2.25. The van der Waals surface area contributed by atoms with Gasteiger partial charge in [0.25, 0.3) is 5.56 Å². The number of nitrogens with one attached hydrogen (secondary N) is 3. The maximum atomic E-state index is 12.8. The Balaban J connectivity index is 1.76. The average molecular weight is 482 g/mol. The van der Waals surface area contributed by atoms with Crippen molar-refractivity contribution >= 4 is 35.0 Å². The first kappa shape index (κ1) is 25.0. The van der Waals surface area contributed by atoms with Crippen molar-refractivity contribution in [2.24, 2.45) is 0 Å². The second-order valence-corrected chi connectivity index (χ2v) is 8.69. The van der Waals surface area contributed by atoms with Gasteiger partial charge in [0, 0.05) is 18.2 Å². The lowest BCUT2D eigenvalue weighted by Gasteiger charge is -2.14. The topological polar surface area (TPSA) is 126 Å². The number of hydrogen-bond acceptors (Lipinski definition) is 7. The van der Waals surface area contributed by atoms with E-state index in [1.54, 1.807) is 36.4 Å². The fraction of sp³-hybridized carbons (Fsp3) is 0.292. The van der Waals surface area contributed by atoms with Gasteiger partial charge in [-0.3, -0.25) is 19.4 Å². The monoisotopic (exact) mass is 481 g/mol. The summed E-state index contributed by atoms with van der Waals surface area (Å²) in [6.07, 6.45) is 0.517. The van der Waals surface area contributed by atoms with Gasteiger partial charge >= 0.3 is 0 Å². The van der Waals surface area contributed by atoms with E-state index >= 15 is 0 Å². The van der Waals surface area contributed by atoms with E-state index in [9.17, 15) is 14.4 Å². The molecule has 0 radical (unpaired) electrons. The minimum absolute atomic E-state index is 0.0867. The second kappa shape index (κ2) is 11.5. The maximum absolute atomic E-state index is 12.8. The lowest BCUT2D eigenvalue weighted by atomic mass is 10.1. The van der Waals surface area contributed by atoms with E-state index in [4.69, 9.17) is 4.74 Å². The van der Waals surface area contributed by atoms with Crippen LogP contribution in [0.5, 0.6) is 5.75 Å². The summed E-state index contributed by atoms with van der Waals surface area (Å²) in [4.78, 5) is 39.8. The van der Waals surface area contributed by atoms with Crippen molar-refractivity contribution < 1.29 is 14.3 Å². The molecule has 2 amide bonds. The van der Waals surface area contributed by atoms with Crippen LogP contribution in [0.15, 0.2) is 52.4 Å². The van der Waals surface area contributed by atoms with Crippen molar-refractivity contribution in [3.63, 3.8) is 0 Å². The third-order valence-electron chi connectivity index (χ3n) is 4.77. The quantitative estimate of drug-likeness (QED) is 0.394. The third kappa shape index (κ3) is 6.44. The zero-order valence-electron chi connectivity index (χ0n) is 19.5. The fourth-order valence-corrected chi connectivity index (χ4v) is 4.03. The zero-order valence-corrected chi connectivity index (χ0v) is 20.3. The van der Waals surface area contributed by atoms with Gasteiger partial charge in [0.1, 0.15) is 5.75 Å². The molecule has 0 aliphatic heterocycles. The van der Waals surface area contributed by atoms with E-state index < -0.39 is 10.8 Å². The van der Waals surface area contributed by atoms with Crippen molar-refractivity contribution in [3.8, 4) is 17.0 Å². The number of nitrogens with zero attached hydrogens (tertiary/aromatic N) is 2. The molecule has 0 spiro atoms. The predicted octanol–water partition coefficient (Wildman–Crippen LogP) is 4.01. The van der Waals surface area contributed by atoms with Crippen LogP contribution in [0.4, 0.5) is 11.4 Å². The summed E-state index contributed by atoms with van der Waals surface area (Å²) in [5.41, 5.74) is 2.12. The minimum Gasteiger partial charge on any atom is -0.494 e. The smallest absolute Gasteiger partial charge is 0.278 e. The number of amides is 2. The molecule has 178 valence electrons. The second-order valence-electron chi connectivity index (χ2n) is 7.50. The highest BCUT2D eigenvalue weighted by Gasteiger charge is 2.21. The van der Waals surface area contributed by atoms with Crippen molar-refractivity contribution in [2.45, 2.75) is 44.5 Å². The first-order valence-corrected chi connectivity index (χ1v) is 11.7. The van der Waals surface area contributed by atoms with E-state index in [1.165, 1.54) is 6.92 Å². The summed E-state index contributed by atoms with van der Waals surface area (Å²) in [6, 6.07) is 12.4. The normalized spacial score (nSPS) is 11.5. The van der Waals surface area contributed by atoms with E-state index in [2.05, 4.69) is 25.8 Å². The molecular weight excluding hydrogens is 454 g/mol. The van der Waals surface area contributed by atoms with Crippen LogP contribution in [-0.4, -0.2) is 38.9 Å². The van der Waals surface area contributed by atoms with Gasteiger partial charge in [-0.15, -0.1) is 10.2 Å². The summed E-state index contributed by atoms with van der Waals surface area (Å²) < 4.78 is 5.41. The number of carbonyl (C=O) groups excluding carboxylic acids is 2. The van der Waals surface area contributed by atoms with Gasteiger partial charge in [0.05, 0.1) is 17.5 Å². The van der Waals surface area contributed by atoms with Gasteiger partial charge < -0.3 is 15.4 Å². The Hall–Kier alpha value is -3.66. The average Bonchev–Trinajstić information content (AvgIpc) is 2.80. The predicted molar refractivity (Wildman–Crippen MR) is 133 cm³/mol. The molecule has 9 nitrogen and oxygen atoms in total. The molecule has 0 unspecified atom stereocenters. The molecule has 3 N–H and O–H groups in total. The van der Waals surface area contributed by atoms with E-state index in [0.29, 0.717) is 30.0 Å². The Morgan fingerprint density at radius 2 is 1.82 bits per heavy atom. The molecule has 1 heterocycles. The Kier molecular flexibility index (Phi) is 8.42. The number of anilines is 2. The van der Waals surface area contributed by atoms with Crippen molar-refractivity contribution in [1.82, 2.24) is 15.2 Å². The molecule has 1 atom stereocenters. The van der Waals surface area contributed by atoms with Gasteiger partial charge in [0.2, 0.25) is 11.8 Å². The first-order valence-electron chi connectivity index (χ1n) is 10.9. The highest BCUT2D eigenvalue weighted by atomic mass is 32.2. The number of thioether (sulfide) groups is 1. The number of aromatic amines is 1. The first-order chi connectivity index (χ1) is 16.3. The molecule has 0 aliphatic rings. The van der Waals surface area contributed by atoms with Crippen molar-refractivity contribution in [3.05, 3.63) is 58.4 Å². The summed E-state index contributed by atoms with van der Waals surface area (Å²) in [6.45, 7) is 7.62. The number of ether oxygens (including phenoxy) is 1. The summed E-state index contributed by atoms with van der Waals surface area (Å²) in [5, 5.41) is 13.5. The van der Waals surface area contributed by atoms with Crippen LogP contribution in [0.25, 0.3) is 11.3 Å². The van der Waals surface area contributed by atoms with Crippen LogP contribution >= 0.6 is 11.8 Å². The summed E-state index contributed by atoms with van der Waals surface area (Å²) in [7, 11) is 0. The zero-order chi connectivity index (χ0) is 24.7. The van der Waals surface area contributed by atoms with Crippen LogP contribution < -0.4 is 20.9 Å². The lowest BCUT2D eigenvalue weighted by molar-refractivity contribution is -0.116. The van der Waals surface area contributed by atoms with Crippen LogP contribution in [0, 0.1) is 6.92 Å². The molecular formula is C24H27N5O4S. The molecule has 1 aromatic heterocycles. The third-order valence-corrected chi connectivity index (χ3v) is 6.01. The van der Waals surface area contributed by atoms with Gasteiger partial charge in [-0.2, -0.15) is 0 Å². The van der Waals surface area contributed by atoms with E-state index in [1.807, 2.05) is 26.8 Å². The Morgan fingerprint density at radius 3 is 2.44 bits per heavy atom. The SMILES string of the molecule is CCOc1ccc(NC(=O)[C@@H](CC)Sc2nnc(-c3cc(C)ccc3NC(C)=O)c(=O)[nH]2)cc1. The van der Waals surface area contributed by atoms with Crippen molar-refractivity contribution in [1.29, 1.82) is 0 Å². The molecule has 0 aliphatic carbocycles. The Bertz CT molecular complexity index is 1230. The van der Waals surface area contributed by atoms with E-state index in [-0.39, 0.29) is 22.7 Å². The summed E-state index contributed by atoms with van der Waals surface area (Å²) >= 11 is 1.13. The van der Waals surface area contributed by atoms with E-state index in [0.717, 1.165) is 23.1 Å². The number of hydrogen-bond donors (Lipinski definition) is 3.